The smallest absolute Gasteiger partial charge is 0.324 e. The van der Waals surface area contributed by atoms with Crippen LogP contribution in [0.2, 0.25) is 0 Å². The van der Waals surface area contributed by atoms with Crippen molar-refractivity contribution in [2.75, 3.05) is 11.9 Å². The van der Waals surface area contributed by atoms with Gasteiger partial charge in [0.25, 0.3) is 11.6 Å². The molecule has 11 heteroatoms. The highest BCUT2D eigenvalue weighted by Crippen LogP contribution is 2.30. The van der Waals surface area contributed by atoms with E-state index in [1.807, 2.05) is 0 Å². The predicted molar refractivity (Wildman–Crippen MR) is 100 cm³/mol. The normalized spacial score (nSPS) is 18.3. The zero-order valence-corrected chi connectivity index (χ0v) is 15.9. The van der Waals surface area contributed by atoms with E-state index in [2.05, 4.69) is 10.6 Å². The summed E-state index contributed by atoms with van der Waals surface area (Å²) in [5, 5.41) is 15.8. The summed E-state index contributed by atoms with van der Waals surface area (Å²) in [6.07, 6.45) is 0. The maximum absolute atomic E-state index is 13.6. The number of nitro benzene ring substituents is 1. The number of nitrogens with zero attached hydrogens (tertiary/aromatic N) is 2. The molecule has 1 saturated heterocycles. The van der Waals surface area contributed by atoms with Crippen molar-refractivity contribution >= 4 is 29.2 Å². The minimum atomic E-state index is -1.69. The van der Waals surface area contributed by atoms with E-state index in [1.165, 1.54) is 26.0 Å². The first-order chi connectivity index (χ1) is 14.0. The molecule has 1 aliphatic rings. The molecule has 0 aliphatic carbocycles. The van der Waals surface area contributed by atoms with Gasteiger partial charge < -0.3 is 10.6 Å². The van der Waals surface area contributed by atoms with E-state index in [4.69, 9.17) is 0 Å². The number of halogens is 2. The molecule has 30 heavy (non-hydrogen) atoms. The molecule has 0 spiro atoms. The molecule has 0 radical (unpaired) electrons. The summed E-state index contributed by atoms with van der Waals surface area (Å²) >= 11 is 0. The van der Waals surface area contributed by atoms with Crippen LogP contribution in [0.1, 0.15) is 18.1 Å². The molecule has 0 aromatic heterocycles. The Hall–Kier alpha value is -3.89. The van der Waals surface area contributed by atoms with Crippen LogP contribution in [0.3, 0.4) is 0 Å². The fourth-order valence-electron chi connectivity index (χ4n) is 3.07. The summed E-state index contributed by atoms with van der Waals surface area (Å²) in [6, 6.07) is 5.93. The van der Waals surface area contributed by atoms with Crippen molar-refractivity contribution in [3.8, 4) is 0 Å². The van der Waals surface area contributed by atoms with Crippen LogP contribution >= 0.6 is 0 Å². The summed E-state index contributed by atoms with van der Waals surface area (Å²) < 4.78 is 26.8. The van der Waals surface area contributed by atoms with Gasteiger partial charge in [0.2, 0.25) is 5.91 Å². The maximum atomic E-state index is 13.6. The van der Waals surface area contributed by atoms with E-state index in [-0.39, 0.29) is 16.9 Å². The number of carbonyl (C=O) groups excluding carboxylic acids is 3. The summed E-state index contributed by atoms with van der Waals surface area (Å²) in [4.78, 5) is 48.4. The van der Waals surface area contributed by atoms with Crippen molar-refractivity contribution in [3.63, 3.8) is 0 Å². The number of aryl methyl sites for hydroxylation is 1. The molecule has 0 saturated carbocycles. The summed E-state index contributed by atoms with van der Waals surface area (Å²) in [5.41, 5.74) is -1.36. The van der Waals surface area contributed by atoms with Crippen LogP contribution in [-0.2, 0) is 15.1 Å². The molecule has 2 aromatic carbocycles. The molecule has 2 aromatic rings. The van der Waals surface area contributed by atoms with E-state index >= 15 is 0 Å². The first-order valence-electron chi connectivity index (χ1n) is 8.67. The SMILES string of the molecule is Cc1ccc(NC(=O)CN2C(=O)NC(C)(c3ccc(F)c(F)c3)C2=O)cc1[N+](=O)[O-]. The Morgan fingerprint density at radius 1 is 1.20 bits per heavy atom. The summed E-state index contributed by atoms with van der Waals surface area (Å²) in [6.45, 7) is 2.17. The molecular weight excluding hydrogens is 402 g/mol. The van der Waals surface area contributed by atoms with Crippen LogP contribution in [0.4, 0.5) is 25.0 Å². The van der Waals surface area contributed by atoms with Crippen molar-refractivity contribution in [1.29, 1.82) is 0 Å². The second-order valence-electron chi connectivity index (χ2n) is 6.88. The number of nitrogens with one attached hydrogen (secondary N) is 2. The van der Waals surface area contributed by atoms with Crippen molar-refractivity contribution in [3.05, 3.63) is 69.3 Å². The van der Waals surface area contributed by atoms with E-state index < -0.39 is 46.5 Å². The number of hydrogen-bond donors (Lipinski definition) is 2. The first kappa shape index (κ1) is 20.8. The van der Waals surface area contributed by atoms with Crippen LogP contribution in [0.5, 0.6) is 0 Å². The zero-order chi connectivity index (χ0) is 22.2. The lowest BCUT2D eigenvalue weighted by molar-refractivity contribution is -0.385. The Kier molecular flexibility index (Phi) is 5.21. The minimum absolute atomic E-state index is 0.0109. The fourth-order valence-corrected chi connectivity index (χ4v) is 3.07. The number of anilines is 1. The van der Waals surface area contributed by atoms with Gasteiger partial charge in [-0.25, -0.2) is 13.6 Å². The highest BCUT2D eigenvalue weighted by Gasteiger charge is 2.49. The first-order valence-corrected chi connectivity index (χ1v) is 8.67. The highest BCUT2D eigenvalue weighted by atomic mass is 19.2. The third kappa shape index (κ3) is 3.69. The van der Waals surface area contributed by atoms with Crippen molar-refractivity contribution in [2.45, 2.75) is 19.4 Å². The Morgan fingerprint density at radius 2 is 1.90 bits per heavy atom. The monoisotopic (exact) mass is 418 g/mol. The maximum Gasteiger partial charge on any atom is 0.325 e. The minimum Gasteiger partial charge on any atom is -0.324 e. The molecular formula is C19H16F2N4O5. The Bertz CT molecular complexity index is 1090. The number of imide groups is 1. The molecule has 2 N–H and O–H groups in total. The highest BCUT2D eigenvalue weighted by molar-refractivity contribution is 6.10. The van der Waals surface area contributed by atoms with Crippen molar-refractivity contribution in [2.24, 2.45) is 0 Å². The lowest BCUT2D eigenvalue weighted by Gasteiger charge is -2.22. The number of benzene rings is 2. The molecule has 1 fully saturated rings. The van der Waals surface area contributed by atoms with Gasteiger partial charge in [-0.05, 0) is 37.6 Å². The van der Waals surface area contributed by atoms with Gasteiger partial charge in [-0.1, -0.05) is 12.1 Å². The average molecular weight is 418 g/mol. The molecule has 0 bridgehead atoms. The van der Waals surface area contributed by atoms with Gasteiger partial charge in [0.1, 0.15) is 12.1 Å². The Morgan fingerprint density at radius 3 is 2.53 bits per heavy atom. The molecule has 1 heterocycles. The molecule has 1 unspecified atom stereocenters. The second kappa shape index (κ2) is 7.50. The molecule has 1 atom stereocenters. The number of carbonyl (C=O) groups is 3. The quantitative estimate of drug-likeness (QED) is 0.439. The lowest BCUT2D eigenvalue weighted by Crippen LogP contribution is -2.42. The number of rotatable bonds is 5. The molecule has 1 aliphatic heterocycles. The Balaban J connectivity index is 1.77. The lowest BCUT2D eigenvalue weighted by atomic mass is 9.92. The topological polar surface area (TPSA) is 122 Å². The molecule has 9 nitrogen and oxygen atoms in total. The van der Waals surface area contributed by atoms with Gasteiger partial charge in [-0.15, -0.1) is 0 Å². The average Bonchev–Trinajstić information content (AvgIpc) is 2.89. The van der Waals surface area contributed by atoms with Crippen LogP contribution in [0.25, 0.3) is 0 Å². The van der Waals surface area contributed by atoms with Crippen LogP contribution in [0.15, 0.2) is 36.4 Å². The molecule has 4 amide bonds. The van der Waals surface area contributed by atoms with Gasteiger partial charge in [0.15, 0.2) is 11.6 Å². The van der Waals surface area contributed by atoms with E-state index in [1.54, 1.807) is 0 Å². The summed E-state index contributed by atoms with van der Waals surface area (Å²) in [7, 11) is 0. The van der Waals surface area contributed by atoms with Crippen LogP contribution in [0, 0.1) is 28.7 Å². The Labute approximate surface area is 168 Å². The van der Waals surface area contributed by atoms with Crippen LogP contribution < -0.4 is 10.6 Å². The van der Waals surface area contributed by atoms with Gasteiger partial charge >= 0.3 is 6.03 Å². The van der Waals surface area contributed by atoms with Gasteiger partial charge in [-0.3, -0.25) is 24.6 Å². The predicted octanol–water partition coefficient (Wildman–Crippen LogP) is 2.59. The summed E-state index contributed by atoms with van der Waals surface area (Å²) in [5.74, 6) is -3.90. The van der Waals surface area contributed by atoms with Crippen molar-refractivity contribution < 1.29 is 28.1 Å². The standard InChI is InChI=1S/C19H16F2N4O5/c1-10-3-5-12(8-15(10)25(29)30)22-16(26)9-24-17(27)19(2,23-18(24)28)11-4-6-13(20)14(21)7-11/h3-8H,9H2,1-2H3,(H,22,26)(H,23,28). The van der Waals surface area contributed by atoms with Crippen LogP contribution in [-0.4, -0.2) is 34.2 Å². The van der Waals surface area contributed by atoms with E-state index in [0.717, 1.165) is 24.3 Å². The third-order valence-electron chi connectivity index (χ3n) is 4.76. The van der Waals surface area contributed by atoms with E-state index in [9.17, 15) is 33.3 Å². The van der Waals surface area contributed by atoms with E-state index in [0.29, 0.717) is 10.5 Å². The molecule has 3 rings (SSSR count). The molecule has 156 valence electrons. The number of nitro groups is 1. The van der Waals surface area contributed by atoms with Gasteiger partial charge in [0.05, 0.1) is 4.92 Å². The fraction of sp³-hybridized carbons (Fsp3) is 0.211. The second-order valence-corrected chi connectivity index (χ2v) is 6.88. The number of urea groups is 1. The number of amides is 4. The van der Waals surface area contributed by atoms with Gasteiger partial charge in [0, 0.05) is 17.3 Å². The van der Waals surface area contributed by atoms with Gasteiger partial charge in [-0.2, -0.15) is 0 Å². The third-order valence-corrected chi connectivity index (χ3v) is 4.76. The number of hydrogen-bond acceptors (Lipinski definition) is 5. The van der Waals surface area contributed by atoms with Crippen molar-refractivity contribution in [1.82, 2.24) is 10.2 Å². The zero-order valence-electron chi connectivity index (χ0n) is 15.9. The largest absolute Gasteiger partial charge is 0.325 e.